The lowest BCUT2D eigenvalue weighted by atomic mass is 10.2. The molecule has 0 aromatic heterocycles. The Kier molecular flexibility index (Phi) is 7.95. The van der Waals surface area contributed by atoms with E-state index in [4.69, 9.17) is 22.7 Å². The Balaban J connectivity index is 2.04. The number of primary amides is 1. The van der Waals surface area contributed by atoms with Gasteiger partial charge in [-0.3, -0.25) is 14.9 Å². The minimum atomic E-state index is -0.423. The molecule has 0 saturated carbocycles. The summed E-state index contributed by atoms with van der Waals surface area (Å²) in [6.07, 6.45) is 0.202. The van der Waals surface area contributed by atoms with E-state index < -0.39 is 5.91 Å². The summed E-state index contributed by atoms with van der Waals surface area (Å²) < 4.78 is 5.58. The number of nitrogens with one attached hydrogen (secondary N) is 1. The largest absolute Gasteiger partial charge is 0.491 e. The molecule has 0 radical (unpaired) electrons. The molecule has 0 aliphatic heterocycles. The highest BCUT2D eigenvalue weighted by Crippen LogP contribution is 2.14. The monoisotopic (exact) mass is 399 g/mol. The van der Waals surface area contributed by atoms with Crippen LogP contribution in [0.2, 0.25) is 0 Å². The Morgan fingerprint density at radius 2 is 1.75 bits per heavy atom. The number of amides is 2. The van der Waals surface area contributed by atoms with Crippen LogP contribution in [0.5, 0.6) is 5.75 Å². The normalized spacial score (nSPS) is 10.4. The molecule has 0 spiro atoms. The molecule has 6 nitrogen and oxygen atoms in total. The lowest BCUT2D eigenvalue weighted by Crippen LogP contribution is -2.43. The van der Waals surface area contributed by atoms with Gasteiger partial charge in [-0.15, -0.1) is 0 Å². The molecule has 0 saturated heterocycles. The number of hydrogen-bond donors (Lipinski definition) is 2. The molecule has 0 fully saturated rings. The highest BCUT2D eigenvalue weighted by molar-refractivity contribution is 7.80. The van der Waals surface area contributed by atoms with Crippen LogP contribution in [0.1, 0.15) is 36.2 Å². The Morgan fingerprint density at radius 3 is 2.32 bits per heavy atom. The fourth-order valence-corrected chi connectivity index (χ4v) is 2.76. The fraction of sp³-hybridized carbons (Fsp3) is 0.286. The summed E-state index contributed by atoms with van der Waals surface area (Å²) in [7, 11) is 0. The van der Waals surface area contributed by atoms with Gasteiger partial charge in [-0.2, -0.15) is 0 Å². The van der Waals surface area contributed by atoms with Crippen LogP contribution < -0.4 is 15.8 Å². The number of thiocarbonyl (C=S) groups is 1. The van der Waals surface area contributed by atoms with Crippen LogP contribution in [0.25, 0.3) is 0 Å². The Bertz CT molecular complexity index is 807. The first-order valence-corrected chi connectivity index (χ1v) is 9.45. The van der Waals surface area contributed by atoms with Crippen LogP contribution in [-0.2, 0) is 11.3 Å². The van der Waals surface area contributed by atoms with Crippen molar-refractivity contribution in [3.05, 3.63) is 65.7 Å². The van der Waals surface area contributed by atoms with Gasteiger partial charge in [0.05, 0.1) is 6.10 Å². The van der Waals surface area contributed by atoms with Crippen LogP contribution in [0.4, 0.5) is 0 Å². The van der Waals surface area contributed by atoms with E-state index in [1.165, 1.54) is 0 Å². The lowest BCUT2D eigenvalue weighted by molar-refractivity contribution is -0.118. The second kappa shape index (κ2) is 10.4. The van der Waals surface area contributed by atoms with Crippen LogP contribution in [0.3, 0.4) is 0 Å². The molecule has 2 aromatic rings. The Hall–Kier alpha value is -2.93. The standard InChI is InChI=1S/C21H25N3O3S/c1-15(2)27-18-10-8-17(9-11-18)20(26)23-21(28)24(13-12-19(22)25)14-16-6-4-3-5-7-16/h3-11,15H,12-14H2,1-2H3,(H2,22,25)(H,23,26,28). The van der Waals surface area contributed by atoms with Crippen molar-refractivity contribution < 1.29 is 14.3 Å². The molecule has 3 N–H and O–H groups in total. The van der Waals surface area contributed by atoms with Crippen molar-refractivity contribution in [2.24, 2.45) is 5.73 Å². The summed E-state index contributed by atoms with van der Waals surface area (Å²) in [5, 5.41) is 2.97. The van der Waals surface area contributed by atoms with Gasteiger partial charge in [0.15, 0.2) is 5.11 Å². The minimum absolute atomic E-state index is 0.0593. The molecule has 28 heavy (non-hydrogen) atoms. The highest BCUT2D eigenvalue weighted by Gasteiger charge is 2.15. The van der Waals surface area contributed by atoms with Gasteiger partial charge in [0.1, 0.15) is 5.75 Å². The topological polar surface area (TPSA) is 84.7 Å². The molecule has 2 aromatic carbocycles. The molecule has 2 rings (SSSR count). The first kappa shape index (κ1) is 21.4. The van der Waals surface area contributed by atoms with Gasteiger partial charge in [-0.05, 0) is 55.9 Å². The van der Waals surface area contributed by atoms with Gasteiger partial charge in [0.2, 0.25) is 5.91 Å². The first-order valence-electron chi connectivity index (χ1n) is 9.04. The molecular weight excluding hydrogens is 374 g/mol. The molecule has 0 atom stereocenters. The third-order valence-corrected chi connectivity index (χ3v) is 4.20. The van der Waals surface area contributed by atoms with E-state index in [2.05, 4.69) is 5.32 Å². The average Bonchev–Trinajstić information content (AvgIpc) is 2.65. The summed E-state index contributed by atoms with van der Waals surface area (Å²) in [5.41, 5.74) is 6.75. The SMILES string of the molecule is CC(C)Oc1ccc(C(=O)NC(=S)N(CCC(N)=O)Cc2ccccc2)cc1. The molecule has 0 bridgehead atoms. The van der Waals surface area contributed by atoms with Gasteiger partial charge in [-0.25, -0.2) is 0 Å². The maximum absolute atomic E-state index is 12.5. The number of carbonyl (C=O) groups is 2. The van der Waals surface area contributed by atoms with Crippen molar-refractivity contribution in [3.63, 3.8) is 0 Å². The number of hydrogen-bond acceptors (Lipinski definition) is 4. The molecule has 0 aliphatic carbocycles. The molecule has 0 heterocycles. The average molecular weight is 400 g/mol. The van der Waals surface area contributed by atoms with Crippen molar-refractivity contribution in [2.45, 2.75) is 32.9 Å². The summed E-state index contributed by atoms with van der Waals surface area (Å²) >= 11 is 5.40. The number of rotatable bonds is 8. The zero-order valence-electron chi connectivity index (χ0n) is 16.1. The molecule has 7 heteroatoms. The number of nitrogens with zero attached hydrogens (tertiary/aromatic N) is 1. The van der Waals surface area contributed by atoms with Crippen molar-refractivity contribution in [3.8, 4) is 5.75 Å². The van der Waals surface area contributed by atoms with Crippen LogP contribution >= 0.6 is 12.2 Å². The molecule has 2 amide bonds. The van der Waals surface area contributed by atoms with E-state index in [9.17, 15) is 9.59 Å². The first-order chi connectivity index (χ1) is 13.3. The maximum Gasteiger partial charge on any atom is 0.257 e. The summed E-state index contributed by atoms with van der Waals surface area (Å²) in [5.74, 6) is -0.0487. The zero-order chi connectivity index (χ0) is 20.5. The van der Waals surface area contributed by atoms with Gasteiger partial charge >= 0.3 is 0 Å². The van der Waals surface area contributed by atoms with Gasteiger partial charge in [0.25, 0.3) is 5.91 Å². The third kappa shape index (κ3) is 7.00. The molecule has 0 unspecified atom stereocenters. The number of benzene rings is 2. The quantitative estimate of drug-likeness (QED) is 0.667. The molecule has 0 aliphatic rings. The van der Waals surface area contributed by atoms with Crippen molar-refractivity contribution in [1.29, 1.82) is 0 Å². The van der Waals surface area contributed by atoms with E-state index in [-0.39, 0.29) is 23.5 Å². The predicted molar refractivity (Wildman–Crippen MR) is 113 cm³/mol. The number of ether oxygens (including phenoxy) is 1. The Labute approximate surface area is 170 Å². The highest BCUT2D eigenvalue weighted by atomic mass is 32.1. The van der Waals surface area contributed by atoms with Gasteiger partial charge < -0.3 is 15.4 Å². The van der Waals surface area contributed by atoms with Crippen molar-refractivity contribution in [1.82, 2.24) is 10.2 Å². The number of nitrogens with two attached hydrogens (primary N) is 1. The minimum Gasteiger partial charge on any atom is -0.491 e. The maximum atomic E-state index is 12.5. The third-order valence-electron chi connectivity index (χ3n) is 3.84. The summed E-state index contributed by atoms with van der Waals surface area (Å²) in [4.78, 5) is 25.5. The van der Waals surface area contributed by atoms with Gasteiger partial charge in [0, 0.05) is 25.1 Å². The van der Waals surface area contributed by atoms with E-state index in [0.717, 1.165) is 5.56 Å². The smallest absolute Gasteiger partial charge is 0.257 e. The van der Waals surface area contributed by atoms with Crippen molar-refractivity contribution in [2.75, 3.05) is 6.54 Å². The van der Waals surface area contributed by atoms with Crippen molar-refractivity contribution >= 4 is 29.1 Å². The zero-order valence-corrected chi connectivity index (χ0v) is 16.9. The Morgan fingerprint density at radius 1 is 1.11 bits per heavy atom. The molecule has 148 valence electrons. The van der Waals surface area contributed by atoms with Crippen LogP contribution in [0.15, 0.2) is 54.6 Å². The predicted octanol–water partition coefficient (Wildman–Crippen LogP) is 2.87. The molecular formula is C21H25N3O3S. The lowest BCUT2D eigenvalue weighted by Gasteiger charge is -2.25. The summed E-state index contributed by atoms with van der Waals surface area (Å²) in [6, 6.07) is 16.5. The van der Waals surface area contributed by atoms with E-state index in [0.29, 0.717) is 24.4 Å². The fourth-order valence-electron chi connectivity index (χ4n) is 2.51. The van der Waals surface area contributed by atoms with Crippen LogP contribution in [-0.4, -0.2) is 34.5 Å². The van der Waals surface area contributed by atoms with Gasteiger partial charge in [-0.1, -0.05) is 30.3 Å². The summed E-state index contributed by atoms with van der Waals surface area (Å²) in [6.45, 7) is 4.66. The second-order valence-electron chi connectivity index (χ2n) is 6.57. The van der Waals surface area contributed by atoms with E-state index in [1.54, 1.807) is 29.2 Å². The van der Waals surface area contributed by atoms with E-state index in [1.807, 2.05) is 44.2 Å². The second-order valence-corrected chi connectivity index (χ2v) is 6.96. The number of carbonyl (C=O) groups excluding carboxylic acids is 2. The van der Waals surface area contributed by atoms with Crippen LogP contribution in [0, 0.1) is 0 Å². The van der Waals surface area contributed by atoms with E-state index >= 15 is 0 Å².